The lowest BCUT2D eigenvalue weighted by molar-refractivity contribution is -0.152. The summed E-state index contributed by atoms with van der Waals surface area (Å²) >= 11 is 5.21. The SMILES string of the molecule is [B][C@@H]1O[C@@]2(COC(C)C)CO[C@@H]1[C@@H]2OP(O)(=S)C(C)C. The molecule has 1 N–H and O–H groups in total. The Morgan fingerprint density at radius 2 is 2.10 bits per heavy atom. The molecule has 2 aliphatic heterocycles. The van der Waals surface area contributed by atoms with Crippen LogP contribution in [0.2, 0.25) is 0 Å². The first-order valence-electron chi connectivity index (χ1n) is 6.85. The second kappa shape index (κ2) is 5.96. The zero-order chi connectivity index (χ0) is 15.1. The fourth-order valence-electron chi connectivity index (χ4n) is 2.32. The van der Waals surface area contributed by atoms with Crippen molar-refractivity contribution >= 4 is 26.1 Å². The van der Waals surface area contributed by atoms with Crippen molar-refractivity contribution in [2.75, 3.05) is 13.2 Å². The van der Waals surface area contributed by atoms with Crippen LogP contribution in [0.4, 0.5) is 0 Å². The summed E-state index contributed by atoms with van der Waals surface area (Å²) in [4.78, 5) is 10.3. The molecule has 0 aromatic heterocycles. The molecule has 0 saturated carbocycles. The molecule has 8 heteroatoms. The van der Waals surface area contributed by atoms with Gasteiger partial charge in [0, 0.05) is 11.7 Å². The van der Waals surface area contributed by atoms with Crippen LogP contribution in [-0.2, 0) is 30.5 Å². The van der Waals surface area contributed by atoms with Crippen LogP contribution >= 0.6 is 6.49 Å². The summed E-state index contributed by atoms with van der Waals surface area (Å²) in [6.07, 6.45) is -0.819. The highest BCUT2D eigenvalue weighted by Crippen LogP contribution is 2.54. The summed E-state index contributed by atoms with van der Waals surface area (Å²) in [6, 6.07) is -0.577. The second-order valence-electron chi connectivity index (χ2n) is 5.97. The van der Waals surface area contributed by atoms with Crippen molar-refractivity contribution in [2.24, 2.45) is 0 Å². The Hall–Kier alpha value is 0.515. The molecule has 2 aliphatic rings. The number of hydrogen-bond acceptors (Lipinski definition) is 5. The van der Waals surface area contributed by atoms with Crippen LogP contribution in [0, 0.1) is 0 Å². The van der Waals surface area contributed by atoms with E-state index in [1.807, 2.05) is 27.7 Å². The van der Waals surface area contributed by atoms with Crippen LogP contribution in [-0.4, -0.2) is 61.5 Å². The minimum absolute atomic E-state index is 0.0618. The molecule has 5 nitrogen and oxygen atoms in total. The summed E-state index contributed by atoms with van der Waals surface area (Å²) in [6.45, 7) is 5.33. The van der Waals surface area contributed by atoms with Gasteiger partial charge in [0.25, 0.3) is 0 Å². The van der Waals surface area contributed by atoms with E-state index < -0.39 is 30.3 Å². The average molecular weight is 320 g/mol. The molecule has 0 aromatic carbocycles. The lowest BCUT2D eigenvalue weighted by Crippen LogP contribution is -2.46. The molecule has 2 heterocycles. The standard InChI is InChI=1S/C12H22BO5PS/c1-7(2)15-5-12-6-16-9(11(13)17-12)10(12)18-19(14,20)8(3)4/h7-11H,5-6H2,1-4H3,(H,14,20)/t9-,10+,11-,12+,19?/m1/s1. The third-order valence-electron chi connectivity index (χ3n) is 3.61. The molecule has 1 unspecified atom stereocenters. The van der Waals surface area contributed by atoms with E-state index in [2.05, 4.69) is 0 Å². The van der Waals surface area contributed by atoms with Gasteiger partial charge in [0.15, 0.2) is 6.49 Å². The minimum atomic E-state index is -2.90. The minimum Gasteiger partial charge on any atom is -0.376 e. The number of rotatable bonds is 6. The first kappa shape index (κ1) is 16.9. The maximum atomic E-state index is 10.3. The van der Waals surface area contributed by atoms with Gasteiger partial charge in [-0.1, -0.05) is 13.8 Å². The van der Waals surface area contributed by atoms with E-state index >= 15 is 0 Å². The molecule has 0 aromatic rings. The smallest absolute Gasteiger partial charge is 0.189 e. The van der Waals surface area contributed by atoms with Gasteiger partial charge < -0.3 is 23.6 Å². The highest BCUT2D eigenvalue weighted by Gasteiger charge is 2.62. The maximum absolute atomic E-state index is 10.3. The van der Waals surface area contributed by atoms with Gasteiger partial charge in [-0.25, -0.2) is 0 Å². The highest BCUT2D eigenvalue weighted by molar-refractivity contribution is 8.09. The predicted molar refractivity (Wildman–Crippen MR) is 80.7 cm³/mol. The summed E-state index contributed by atoms with van der Waals surface area (Å²) in [5.41, 5.74) is -0.896. The number of ether oxygens (including phenoxy) is 3. The molecule has 2 radical (unpaired) electrons. The van der Waals surface area contributed by atoms with E-state index in [0.717, 1.165) is 0 Å². The molecule has 2 fully saturated rings. The molecule has 114 valence electrons. The van der Waals surface area contributed by atoms with Crippen molar-refractivity contribution in [1.82, 2.24) is 0 Å². The Morgan fingerprint density at radius 1 is 1.45 bits per heavy atom. The largest absolute Gasteiger partial charge is 0.376 e. The molecule has 0 spiro atoms. The van der Waals surface area contributed by atoms with E-state index in [1.165, 1.54) is 0 Å². The van der Waals surface area contributed by atoms with Gasteiger partial charge in [-0.15, -0.1) is 0 Å². The molecule has 5 atom stereocenters. The molecule has 20 heavy (non-hydrogen) atoms. The molecule has 2 bridgehead atoms. The number of hydrogen-bond donors (Lipinski definition) is 1. The van der Waals surface area contributed by atoms with E-state index in [1.54, 1.807) is 0 Å². The van der Waals surface area contributed by atoms with Crippen molar-refractivity contribution in [2.45, 2.75) is 63.3 Å². The fourth-order valence-corrected chi connectivity index (χ4v) is 3.48. The Labute approximate surface area is 126 Å². The first-order chi connectivity index (χ1) is 9.18. The predicted octanol–water partition coefficient (Wildman–Crippen LogP) is 1.17. The third kappa shape index (κ3) is 3.14. The van der Waals surface area contributed by atoms with E-state index in [-0.39, 0.29) is 11.8 Å². The summed E-state index contributed by atoms with van der Waals surface area (Å²) in [5, 5.41) is 0. The van der Waals surface area contributed by atoms with Gasteiger partial charge in [0.1, 0.15) is 25.7 Å². The van der Waals surface area contributed by atoms with Crippen LogP contribution in [0.5, 0.6) is 0 Å². The van der Waals surface area contributed by atoms with Crippen molar-refractivity contribution < 1.29 is 23.6 Å². The van der Waals surface area contributed by atoms with E-state index in [4.69, 9.17) is 38.4 Å². The quantitative estimate of drug-likeness (QED) is 0.586. The summed E-state index contributed by atoms with van der Waals surface area (Å²) in [7, 11) is 5.91. The van der Waals surface area contributed by atoms with Gasteiger partial charge in [0.2, 0.25) is 0 Å². The molecule has 0 aliphatic carbocycles. The van der Waals surface area contributed by atoms with Crippen molar-refractivity contribution in [3.05, 3.63) is 0 Å². The van der Waals surface area contributed by atoms with Crippen molar-refractivity contribution in [1.29, 1.82) is 0 Å². The second-order valence-corrected chi connectivity index (χ2v) is 9.91. The maximum Gasteiger partial charge on any atom is 0.189 e. The zero-order valence-corrected chi connectivity index (χ0v) is 14.0. The molecule has 2 rings (SSSR count). The summed E-state index contributed by atoms with van der Waals surface area (Å²) < 4.78 is 22.9. The number of fused-ring (bicyclic) bond motifs is 2. The molecular weight excluding hydrogens is 298 g/mol. The lowest BCUT2D eigenvalue weighted by Gasteiger charge is -2.33. The Kier molecular flexibility index (Phi) is 5.03. The van der Waals surface area contributed by atoms with Crippen LogP contribution in [0.3, 0.4) is 0 Å². The van der Waals surface area contributed by atoms with Crippen LogP contribution in [0.15, 0.2) is 0 Å². The van der Waals surface area contributed by atoms with Gasteiger partial charge in [0.05, 0.1) is 19.3 Å². The first-order valence-corrected chi connectivity index (χ1v) is 9.59. The average Bonchev–Trinajstić information content (AvgIpc) is 2.77. The zero-order valence-electron chi connectivity index (χ0n) is 12.3. The van der Waals surface area contributed by atoms with Crippen molar-refractivity contribution in [3.8, 4) is 0 Å². The fraction of sp³-hybridized carbons (Fsp3) is 1.00. The Bertz CT molecular complexity index is 407. The molecular formula is C12H22BO5PS. The van der Waals surface area contributed by atoms with E-state index in [9.17, 15) is 4.89 Å². The Balaban J connectivity index is 2.15. The van der Waals surface area contributed by atoms with E-state index in [0.29, 0.717) is 13.2 Å². The van der Waals surface area contributed by atoms with Gasteiger partial charge in [-0.2, -0.15) is 0 Å². The normalized spacial score (nSPS) is 39.6. The molecule has 2 saturated heterocycles. The van der Waals surface area contributed by atoms with Gasteiger partial charge in [-0.05, 0) is 25.7 Å². The highest BCUT2D eigenvalue weighted by atomic mass is 32.5. The topological polar surface area (TPSA) is 57.2 Å². The van der Waals surface area contributed by atoms with Crippen LogP contribution < -0.4 is 0 Å². The lowest BCUT2D eigenvalue weighted by atomic mass is 9.92. The Morgan fingerprint density at radius 3 is 2.60 bits per heavy atom. The third-order valence-corrected chi connectivity index (χ3v) is 6.97. The monoisotopic (exact) mass is 320 g/mol. The van der Waals surface area contributed by atoms with Gasteiger partial charge in [-0.3, -0.25) is 0 Å². The summed E-state index contributed by atoms with van der Waals surface area (Å²) in [5.74, 6) is 0. The van der Waals surface area contributed by atoms with Gasteiger partial charge >= 0.3 is 0 Å². The molecule has 0 amide bonds. The van der Waals surface area contributed by atoms with Crippen molar-refractivity contribution in [3.63, 3.8) is 0 Å². The van der Waals surface area contributed by atoms with Crippen LogP contribution in [0.1, 0.15) is 27.7 Å². The van der Waals surface area contributed by atoms with Crippen LogP contribution in [0.25, 0.3) is 0 Å².